The lowest BCUT2D eigenvalue weighted by molar-refractivity contribution is -0.145. The third-order valence-electron chi connectivity index (χ3n) is 4.89. The first-order chi connectivity index (χ1) is 11.9. The number of hydrogen-bond donors (Lipinski definition) is 0. The molecule has 134 valence electrons. The Hall–Kier alpha value is -2.51. The maximum atomic E-state index is 13.9. The van der Waals surface area contributed by atoms with E-state index in [-0.39, 0.29) is 42.4 Å². The quantitative estimate of drug-likeness (QED) is 0.791. The van der Waals surface area contributed by atoms with Crippen molar-refractivity contribution >= 4 is 17.7 Å². The smallest absolute Gasteiger partial charge is 0.257 e. The average molecular weight is 348 g/mol. The Morgan fingerprint density at radius 1 is 1.32 bits per heavy atom. The van der Waals surface area contributed by atoms with E-state index in [0.717, 1.165) is 12.6 Å². The van der Waals surface area contributed by atoms with Gasteiger partial charge in [0.2, 0.25) is 11.8 Å². The number of nitrogens with zero attached hydrogens (tertiary/aromatic N) is 4. The van der Waals surface area contributed by atoms with Crippen molar-refractivity contribution in [1.82, 2.24) is 19.7 Å². The number of amides is 3. The third kappa shape index (κ3) is 3.33. The lowest BCUT2D eigenvalue weighted by Crippen LogP contribution is -2.51. The highest BCUT2D eigenvalue weighted by atomic mass is 19.1. The molecule has 0 N–H and O–H groups in total. The number of carbonyl (C=O) groups is 3. The van der Waals surface area contributed by atoms with Crippen LogP contribution in [0.3, 0.4) is 0 Å². The second kappa shape index (κ2) is 6.78. The van der Waals surface area contributed by atoms with Crippen molar-refractivity contribution in [3.05, 3.63) is 29.8 Å². The Labute approximate surface area is 145 Å². The van der Waals surface area contributed by atoms with Gasteiger partial charge in [0.25, 0.3) is 5.91 Å². The molecule has 0 radical (unpaired) electrons. The second-order valence-corrected chi connectivity index (χ2v) is 6.75. The number of pyridine rings is 1. The molecule has 8 heteroatoms. The molecule has 0 unspecified atom stereocenters. The van der Waals surface area contributed by atoms with Crippen molar-refractivity contribution in [2.24, 2.45) is 5.92 Å². The number of aromatic nitrogens is 1. The summed E-state index contributed by atoms with van der Waals surface area (Å²) in [6.07, 6.45) is 3.79. The summed E-state index contributed by atoms with van der Waals surface area (Å²) in [6.45, 7) is 0.574. The summed E-state index contributed by atoms with van der Waals surface area (Å²) in [5.41, 5.74) is -0.0420. The van der Waals surface area contributed by atoms with E-state index in [9.17, 15) is 18.8 Å². The molecular weight excluding hydrogens is 327 g/mol. The van der Waals surface area contributed by atoms with Crippen molar-refractivity contribution in [2.75, 3.05) is 33.7 Å². The number of likely N-dealkylation sites (N-methyl/N-ethyl adjacent to an activating group) is 1. The molecule has 3 aliphatic heterocycles. The van der Waals surface area contributed by atoms with Crippen LogP contribution in [0.25, 0.3) is 0 Å². The summed E-state index contributed by atoms with van der Waals surface area (Å²) in [7, 11) is 3.29. The zero-order valence-corrected chi connectivity index (χ0v) is 14.3. The van der Waals surface area contributed by atoms with Gasteiger partial charge in [-0.3, -0.25) is 19.4 Å². The Kier molecular flexibility index (Phi) is 4.69. The van der Waals surface area contributed by atoms with E-state index in [4.69, 9.17) is 0 Å². The molecule has 3 saturated heterocycles. The van der Waals surface area contributed by atoms with Gasteiger partial charge in [-0.15, -0.1) is 0 Å². The van der Waals surface area contributed by atoms with Gasteiger partial charge >= 0.3 is 0 Å². The summed E-state index contributed by atoms with van der Waals surface area (Å²) in [5, 5.41) is 0. The van der Waals surface area contributed by atoms with Gasteiger partial charge in [-0.2, -0.15) is 0 Å². The van der Waals surface area contributed by atoms with Crippen LogP contribution in [-0.2, 0) is 9.59 Å². The number of piperidine rings is 1. The Morgan fingerprint density at radius 3 is 2.76 bits per heavy atom. The highest BCUT2D eigenvalue weighted by Gasteiger charge is 2.43. The molecule has 1 aromatic rings. The predicted octanol–water partition coefficient (Wildman–Crippen LogP) is 0.372. The average Bonchev–Trinajstić information content (AvgIpc) is 2.87. The maximum Gasteiger partial charge on any atom is 0.257 e. The van der Waals surface area contributed by atoms with Crippen LogP contribution < -0.4 is 0 Å². The Balaban J connectivity index is 1.81. The minimum atomic E-state index is -0.671. The second-order valence-electron chi connectivity index (χ2n) is 6.75. The fourth-order valence-electron chi connectivity index (χ4n) is 3.42. The number of carbonyl (C=O) groups excluding carboxylic acids is 3. The molecule has 3 aliphatic rings. The molecule has 3 amide bonds. The van der Waals surface area contributed by atoms with Gasteiger partial charge in [0, 0.05) is 39.4 Å². The zero-order valence-electron chi connectivity index (χ0n) is 14.3. The van der Waals surface area contributed by atoms with Crippen LogP contribution >= 0.6 is 0 Å². The predicted molar refractivity (Wildman–Crippen MR) is 87.0 cm³/mol. The fraction of sp³-hybridized carbons (Fsp3) is 0.529. The van der Waals surface area contributed by atoms with Crippen molar-refractivity contribution in [1.29, 1.82) is 0 Å². The summed E-state index contributed by atoms with van der Waals surface area (Å²) >= 11 is 0. The Morgan fingerprint density at radius 2 is 2.08 bits per heavy atom. The van der Waals surface area contributed by atoms with Gasteiger partial charge in [0.15, 0.2) is 5.82 Å². The molecule has 2 atom stereocenters. The van der Waals surface area contributed by atoms with Crippen molar-refractivity contribution in [3.8, 4) is 0 Å². The van der Waals surface area contributed by atoms with Crippen LogP contribution in [0.1, 0.15) is 23.2 Å². The molecule has 7 nitrogen and oxygen atoms in total. The topological polar surface area (TPSA) is 73.8 Å². The van der Waals surface area contributed by atoms with E-state index in [2.05, 4.69) is 4.98 Å². The lowest BCUT2D eigenvalue weighted by Gasteiger charge is -2.35. The van der Waals surface area contributed by atoms with Crippen LogP contribution in [0.2, 0.25) is 0 Å². The highest BCUT2D eigenvalue weighted by Crippen LogP contribution is 2.30. The standard InChI is InChI=1S/C17H21FN4O3/c1-20(2)15(23)10-22-12-4-3-11(16(22)24)8-21(9-12)17(25)13-5-6-19-7-14(13)18/h5-7,11-12H,3-4,8-10H2,1-2H3/t11-,12+/m0/s1. The van der Waals surface area contributed by atoms with Crippen LogP contribution in [0.15, 0.2) is 18.5 Å². The SMILES string of the molecule is CN(C)C(=O)CN1C(=O)[C@H]2CC[C@@H]1CN(C(=O)c1ccncc1F)C2. The zero-order chi connectivity index (χ0) is 18.1. The number of halogens is 1. The van der Waals surface area contributed by atoms with E-state index in [1.807, 2.05) is 0 Å². The molecule has 4 rings (SSSR count). The molecule has 0 saturated carbocycles. The van der Waals surface area contributed by atoms with E-state index in [0.29, 0.717) is 13.0 Å². The van der Waals surface area contributed by atoms with Gasteiger partial charge in [0.05, 0.1) is 17.7 Å². The van der Waals surface area contributed by atoms with Crippen LogP contribution in [-0.4, -0.2) is 77.2 Å². The summed E-state index contributed by atoms with van der Waals surface area (Å²) in [6, 6.07) is 1.13. The molecule has 25 heavy (non-hydrogen) atoms. The van der Waals surface area contributed by atoms with Crippen molar-refractivity contribution < 1.29 is 18.8 Å². The molecule has 0 aromatic carbocycles. The summed E-state index contributed by atoms with van der Waals surface area (Å²) in [4.78, 5) is 45.6. The first-order valence-electron chi connectivity index (χ1n) is 8.28. The largest absolute Gasteiger partial charge is 0.347 e. The lowest BCUT2D eigenvalue weighted by atomic mass is 9.94. The van der Waals surface area contributed by atoms with Crippen molar-refractivity contribution in [2.45, 2.75) is 18.9 Å². The molecule has 0 aliphatic carbocycles. The highest BCUT2D eigenvalue weighted by molar-refractivity contribution is 5.95. The van der Waals surface area contributed by atoms with Gasteiger partial charge in [-0.1, -0.05) is 0 Å². The summed E-state index contributed by atoms with van der Waals surface area (Å²) in [5.74, 6) is -1.71. The van der Waals surface area contributed by atoms with Gasteiger partial charge in [-0.25, -0.2) is 4.39 Å². The minimum Gasteiger partial charge on any atom is -0.347 e. The molecule has 2 bridgehead atoms. The van der Waals surface area contributed by atoms with E-state index < -0.39 is 11.7 Å². The first kappa shape index (κ1) is 17.3. The fourth-order valence-corrected chi connectivity index (χ4v) is 3.42. The normalized spacial score (nSPS) is 22.8. The molecule has 3 fully saturated rings. The third-order valence-corrected chi connectivity index (χ3v) is 4.89. The number of fused-ring (bicyclic) bond motifs is 4. The molecule has 0 spiro atoms. The van der Waals surface area contributed by atoms with E-state index in [1.54, 1.807) is 19.0 Å². The summed E-state index contributed by atoms with van der Waals surface area (Å²) < 4.78 is 13.9. The molecule has 1 aromatic heterocycles. The molecular formula is C17H21FN4O3. The van der Waals surface area contributed by atoms with E-state index in [1.165, 1.54) is 22.1 Å². The maximum absolute atomic E-state index is 13.9. The Bertz CT molecular complexity index is 709. The van der Waals surface area contributed by atoms with Gasteiger partial charge in [-0.05, 0) is 18.9 Å². The van der Waals surface area contributed by atoms with Gasteiger partial charge < -0.3 is 14.7 Å². The van der Waals surface area contributed by atoms with Gasteiger partial charge in [0.1, 0.15) is 6.54 Å². The molecule has 4 heterocycles. The number of hydrogen-bond acceptors (Lipinski definition) is 4. The van der Waals surface area contributed by atoms with Crippen LogP contribution in [0.4, 0.5) is 4.39 Å². The van der Waals surface area contributed by atoms with Crippen LogP contribution in [0, 0.1) is 11.7 Å². The first-order valence-corrected chi connectivity index (χ1v) is 8.28. The van der Waals surface area contributed by atoms with Crippen molar-refractivity contribution in [3.63, 3.8) is 0 Å². The van der Waals surface area contributed by atoms with Crippen LogP contribution in [0.5, 0.6) is 0 Å². The minimum absolute atomic E-state index is 0.0125. The van der Waals surface area contributed by atoms with E-state index >= 15 is 0 Å². The monoisotopic (exact) mass is 348 g/mol. The number of rotatable bonds is 3.